The van der Waals surface area contributed by atoms with Gasteiger partial charge in [0.05, 0.1) is 18.9 Å². The standard InChI is InChI=1S/C16H16F2N2O5/c1-23-11-5-2-4-10(13(11)25-16(17)18)14(21)19-7-8-20-15(22)12-6-3-9-24-12/h2-6,9,16H,7-8H2,1H3,(H,19,21)(H,20,22). The number of methoxy groups -OCH3 is 1. The minimum atomic E-state index is -3.10. The second-order valence-electron chi connectivity index (χ2n) is 4.70. The van der Waals surface area contributed by atoms with Crippen molar-refractivity contribution < 1.29 is 32.3 Å². The molecule has 2 amide bonds. The summed E-state index contributed by atoms with van der Waals surface area (Å²) in [5.74, 6) is -1.26. The first-order valence-electron chi connectivity index (χ1n) is 7.24. The van der Waals surface area contributed by atoms with E-state index in [0.29, 0.717) is 0 Å². The number of amides is 2. The maximum Gasteiger partial charge on any atom is 0.387 e. The number of ether oxygens (including phenoxy) is 2. The van der Waals surface area contributed by atoms with Crippen molar-refractivity contribution in [2.24, 2.45) is 0 Å². The molecule has 134 valence electrons. The van der Waals surface area contributed by atoms with Crippen molar-refractivity contribution in [3.8, 4) is 11.5 Å². The Morgan fingerprint density at radius 1 is 1.12 bits per heavy atom. The van der Waals surface area contributed by atoms with E-state index in [1.54, 1.807) is 6.07 Å². The zero-order valence-corrected chi connectivity index (χ0v) is 13.3. The Balaban J connectivity index is 1.93. The van der Waals surface area contributed by atoms with Crippen LogP contribution in [0.5, 0.6) is 11.5 Å². The highest BCUT2D eigenvalue weighted by atomic mass is 19.3. The number of nitrogens with one attached hydrogen (secondary N) is 2. The number of rotatable bonds is 8. The smallest absolute Gasteiger partial charge is 0.387 e. The highest BCUT2D eigenvalue weighted by Gasteiger charge is 2.20. The third-order valence-corrected chi connectivity index (χ3v) is 3.09. The number of benzene rings is 1. The summed E-state index contributed by atoms with van der Waals surface area (Å²) in [6, 6.07) is 7.28. The van der Waals surface area contributed by atoms with E-state index in [1.807, 2.05) is 0 Å². The third kappa shape index (κ3) is 4.93. The van der Waals surface area contributed by atoms with Gasteiger partial charge in [0.1, 0.15) is 0 Å². The molecule has 1 aromatic carbocycles. The average Bonchev–Trinajstić information content (AvgIpc) is 3.12. The summed E-state index contributed by atoms with van der Waals surface area (Å²) in [4.78, 5) is 23.8. The summed E-state index contributed by atoms with van der Waals surface area (Å²) in [6.45, 7) is -2.90. The highest BCUT2D eigenvalue weighted by molar-refractivity contribution is 5.98. The second kappa shape index (κ2) is 8.67. The van der Waals surface area contributed by atoms with Gasteiger partial charge in [-0.25, -0.2) is 0 Å². The number of hydrogen-bond donors (Lipinski definition) is 2. The maximum absolute atomic E-state index is 12.5. The Bertz CT molecular complexity index is 719. The maximum atomic E-state index is 12.5. The van der Waals surface area contributed by atoms with Gasteiger partial charge in [-0.2, -0.15) is 8.78 Å². The first kappa shape index (κ1) is 18.2. The molecule has 0 aliphatic rings. The molecule has 1 aromatic heterocycles. The van der Waals surface area contributed by atoms with Crippen molar-refractivity contribution in [2.45, 2.75) is 6.61 Å². The number of carbonyl (C=O) groups excluding carboxylic acids is 2. The van der Waals surface area contributed by atoms with Gasteiger partial charge in [-0.3, -0.25) is 9.59 Å². The Kier molecular flexibility index (Phi) is 6.33. The van der Waals surface area contributed by atoms with Gasteiger partial charge in [-0.15, -0.1) is 0 Å². The molecule has 0 bridgehead atoms. The van der Waals surface area contributed by atoms with E-state index in [-0.39, 0.29) is 35.9 Å². The molecule has 2 N–H and O–H groups in total. The topological polar surface area (TPSA) is 89.8 Å². The molecule has 0 unspecified atom stereocenters. The monoisotopic (exact) mass is 354 g/mol. The number of furan rings is 1. The molecule has 9 heteroatoms. The summed E-state index contributed by atoms with van der Waals surface area (Å²) in [5, 5.41) is 5.04. The second-order valence-corrected chi connectivity index (χ2v) is 4.70. The molecule has 0 aliphatic heterocycles. The minimum Gasteiger partial charge on any atom is -0.493 e. The number of alkyl halides is 2. The molecule has 0 aliphatic carbocycles. The minimum absolute atomic E-state index is 0.0130. The van der Waals surface area contributed by atoms with Gasteiger partial charge in [0, 0.05) is 13.1 Å². The zero-order valence-electron chi connectivity index (χ0n) is 13.3. The molecule has 7 nitrogen and oxygen atoms in total. The molecule has 0 fully saturated rings. The number of carbonyl (C=O) groups is 2. The van der Waals surface area contributed by atoms with Gasteiger partial charge in [0.2, 0.25) is 0 Å². The summed E-state index contributed by atoms with van der Waals surface area (Å²) in [6.07, 6.45) is 1.37. The van der Waals surface area contributed by atoms with E-state index in [9.17, 15) is 18.4 Å². The van der Waals surface area contributed by atoms with E-state index in [4.69, 9.17) is 9.15 Å². The van der Waals surface area contributed by atoms with Crippen molar-refractivity contribution in [2.75, 3.05) is 20.2 Å². The van der Waals surface area contributed by atoms with Crippen LogP contribution in [-0.2, 0) is 0 Å². The van der Waals surface area contributed by atoms with Crippen LogP contribution in [0, 0.1) is 0 Å². The largest absolute Gasteiger partial charge is 0.493 e. The van der Waals surface area contributed by atoms with E-state index in [1.165, 1.54) is 37.6 Å². The summed E-state index contributed by atoms with van der Waals surface area (Å²) >= 11 is 0. The van der Waals surface area contributed by atoms with Gasteiger partial charge in [-0.1, -0.05) is 6.07 Å². The van der Waals surface area contributed by atoms with Gasteiger partial charge in [-0.05, 0) is 24.3 Å². The van der Waals surface area contributed by atoms with Crippen LogP contribution < -0.4 is 20.1 Å². The predicted octanol–water partition coefficient (Wildman–Crippen LogP) is 2.05. The Morgan fingerprint density at radius 3 is 2.44 bits per heavy atom. The quantitative estimate of drug-likeness (QED) is 0.708. The van der Waals surface area contributed by atoms with Crippen LogP contribution in [0.3, 0.4) is 0 Å². The van der Waals surface area contributed by atoms with Crippen LogP contribution in [0.25, 0.3) is 0 Å². The zero-order chi connectivity index (χ0) is 18.2. The normalized spacial score (nSPS) is 10.4. The van der Waals surface area contributed by atoms with Crippen molar-refractivity contribution in [3.05, 3.63) is 47.9 Å². The highest BCUT2D eigenvalue weighted by Crippen LogP contribution is 2.32. The molecule has 0 saturated carbocycles. The van der Waals surface area contributed by atoms with Gasteiger partial charge < -0.3 is 24.5 Å². The number of para-hydroxylation sites is 1. The molecule has 0 atom stereocenters. The SMILES string of the molecule is COc1cccc(C(=O)NCCNC(=O)c2ccco2)c1OC(F)F. The summed E-state index contributed by atoms with van der Waals surface area (Å²) in [7, 11) is 1.28. The molecule has 0 spiro atoms. The van der Waals surface area contributed by atoms with Gasteiger partial charge in [0.25, 0.3) is 11.8 Å². The molecular formula is C16H16F2N2O5. The first-order chi connectivity index (χ1) is 12.0. The number of hydrogen-bond acceptors (Lipinski definition) is 5. The van der Waals surface area contributed by atoms with E-state index >= 15 is 0 Å². The summed E-state index contributed by atoms with van der Waals surface area (Å²) in [5.41, 5.74) is -0.1000. The van der Waals surface area contributed by atoms with Crippen molar-refractivity contribution in [3.63, 3.8) is 0 Å². The van der Waals surface area contributed by atoms with Crippen molar-refractivity contribution >= 4 is 11.8 Å². The molecule has 0 radical (unpaired) electrons. The van der Waals surface area contributed by atoms with Crippen molar-refractivity contribution in [1.82, 2.24) is 10.6 Å². The van der Waals surface area contributed by atoms with Crippen LogP contribution in [0.15, 0.2) is 41.0 Å². The van der Waals surface area contributed by atoms with E-state index in [2.05, 4.69) is 15.4 Å². The molecule has 2 rings (SSSR count). The lowest BCUT2D eigenvalue weighted by atomic mass is 10.1. The van der Waals surface area contributed by atoms with Crippen LogP contribution in [-0.4, -0.2) is 38.6 Å². The lowest BCUT2D eigenvalue weighted by Crippen LogP contribution is -2.34. The fourth-order valence-corrected chi connectivity index (χ4v) is 2.01. The van der Waals surface area contributed by atoms with Crippen molar-refractivity contribution in [1.29, 1.82) is 0 Å². The summed E-state index contributed by atoms with van der Waals surface area (Å²) < 4.78 is 39.3. The van der Waals surface area contributed by atoms with Crippen LogP contribution in [0.2, 0.25) is 0 Å². The lowest BCUT2D eigenvalue weighted by molar-refractivity contribution is -0.0515. The Hall–Kier alpha value is -3.10. The molecule has 0 saturated heterocycles. The Labute approximate surface area is 141 Å². The average molecular weight is 354 g/mol. The predicted molar refractivity (Wildman–Crippen MR) is 83.0 cm³/mol. The van der Waals surface area contributed by atoms with E-state index in [0.717, 1.165) is 0 Å². The molecule has 2 aromatic rings. The fraction of sp³-hybridized carbons (Fsp3) is 0.250. The molecular weight excluding hydrogens is 338 g/mol. The third-order valence-electron chi connectivity index (χ3n) is 3.09. The lowest BCUT2D eigenvalue weighted by Gasteiger charge is -2.14. The van der Waals surface area contributed by atoms with Crippen LogP contribution >= 0.6 is 0 Å². The van der Waals surface area contributed by atoms with Crippen LogP contribution in [0.1, 0.15) is 20.9 Å². The first-order valence-corrected chi connectivity index (χ1v) is 7.24. The fourth-order valence-electron chi connectivity index (χ4n) is 2.01. The van der Waals surface area contributed by atoms with Crippen LogP contribution in [0.4, 0.5) is 8.78 Å². The number of halogens is 2. The van der Waals surface area contributed by atoms with Gasteiger partial charge in [0.15, 0.2) is 17.3 Å². The molecule has 25 heavy (non-hydrogen) atoms. The van der Waals surface area contributed by atoms with E-state index < -0.39 is 18.4 Å². The Morgan fingerprint density at radius 2 is 1.84 bits per heavy atom. The van der Waals surface area contributed by atoms with Gasteiger partial charge >= 0.3 is 6.61 Å². The molecule has 1 heterocycles.